The van der Waals surface area contributed by atoms with Crippen LogP contribution in [-0.2, 0) is 9.53 Å². The Kier molecular flexibility index (Phi) is 5.61. The van der Waals surface area contributed by atoms with Crippen LogP contribution in [0.25, 0.3) is 6.08 Å². The van der Waals surface area contributed by atoms with Gasteiger partial charge in [-0.05, 0) is 50.1 Å². The number of phenolic OH excluding ortho intramolecular Hbond substituents is 1. The Bertz CT molecular complexity index is 1360. The zero-order chi connectivity index (χ0) is 22.1. The topological polar surface area (TPSA) is 80.9 Å². The van der Waals surface area contributed by atoms with Crippen LogP contribution in [0, 0.1) is 6.92 Å². The van der Waals surface area contributed by atoms with Crippen molar-refractivity contribution in [1.82, 2.24) is 4.57 Å². The molecule has 0 bridgehead atoms. The number of allylic oxidation sites excluding steroid dienone is 1. The molecule has 0 amide bonds. The third-order valence-corrected chi connectivity index (χ3v) is 6.06. The maximum atomic E-state index is 13.4. The summed E-state index contributed by atoms with van der Waals surface area (Å²) in [6.07, 6.45) is 1.72. The van der Waals surface area contributed by atoms with Crippen molar-refractivity contribution >= 4 is 23.4 Å². The molecular weight excluding hydrogens is 412 g/mol. The van der Waals surface area contributed by atoms with Crippen LogP contribution >= 0.6 is 11.3 Å². The van der Waals surface area contributed by atoms with E-state index in [0.717, 1.165) is 11.1 Å². The zero-order valence-corrected chi connectivity index (χ0v) is 18.3. The van der Waals surface area contributed by atoms with Crippen molar-refractivity contribution in [2.24, 2.45) is 4.99 Å². The number of aromatic nitrogens is 1. The molecule has 1 N–H and O–H groups in total. The maximum Gasteiger partial charge on any atom is 0.338 e. The summed E-state index contributed by atoms with van der Waals surface area (Å²) in [5.74, 6) is -0.351. The predicted octanol–water partition coefficient (Wildman–Crippen LogP) is 2.81. The van der Waals surface area contributed by atoms with Crippen LogP contribution in [0.1, 0.15) is 36.6 Å². The molecule has 0 spiro atoms. The number of ether oxygens (including phenoxy) is 1. The highest BCUT2D eigenvalue weighted by Crippen LogP contribution is 2.30. The predicted molar refractivity (Wildman–Crippen MR) is 120 cm³/mol. The summed E-state index contributed by atoms with van der Waals surface area (Å²) in [6.45, 7) is 5.73. The van der Waals surface area contributed by atoms with Crippen molar-refractivity contribution in [3.8, 4) is 5.75 Å². The molecule has 31 heavy (non-hydrogen) atoms. The first-order chi connectivity index (χ1) is 14.9. The maximum absolute atomic E-state index is 13.4. The quantitative estimate of drug-likeness (QED) is 0.641. The van der Waals surface area contributed by atoms with E-state index in [1.54, 1.807) is 42.7 Å². The van der Waals surface area contributed by atoms with Gasteiger partial charge < -0.3 is 9.84 Å². The molecule has 0 fully saturated rings. The number of esters is 1. The third-order valence-electron chi connectivity index (χ3n) is 5.08. The van der Waals surface area contributed by atoms with Crippen LogP contribution in [0.5, 0.6) is 5.75 Å². The molecule has 0 aliphatic carbocycles. The minimum Gasteiger partial charge on any atom is -0.508 e. The van der Waals surface area contributed by atoms with E-state index in [0.29, 0.717) is 26.2 Å². The van der Waals surface area contributed by atoms with Crippen LogP contribution in [0.4, 0.5) is 0 Å². The Balaban J connectivity index is 1.96. The third kappa shape index (κ3) is 3.96. The number of aryl methyl sites for hydroxylation is 1. The minimum absolute atomic E-state index is 0.125. The first-order valence-electron chi connectivity index (χ1n) is 9.94. The second-order valence-electron chi connectivity index (χ2n) is 7.31. The summed E-state index contributed by atoms with van der Waals surface area (Å²) in [6, 6.07) is 13.8. The Morgan fingerprint density at radius 3 is 2.65 bits per heavy atom. The van der Waals surface area contributed by atoms with Crippen LogP contribution in [0.2, 0.25) is 0 Å². The van der Waals surface area contributed by atoms with E-state index >= 15 is 0 Å². The van der Waals surface area contributed by atoms with E-state index < -0.39 is 12.0 Å². The summed E-state index contributed by atoms with van der Waals surface area (Å²) in [4.78, 5) is 31.3. The Morgan fingerprint density at radius 2 is 1.97 bits per heavy atom. The Labute approximate surface area is 183 Å². The SMILES string of the molecule is CCOC(=O)C1=C(C)N=c2s/c(=C\c3cccc(O)c3)c(=O)n2[C@@H]1c1ccc(C)cc1. The van der Waals surface area contributed by atoms with E-state index in [9.17, 15) is 14.7 Å². The number of carbonyl (C=O) groups is 1. The molecular formula is C24H22N2O4S. The lowest BCUT2D eigenvalue weighted by Gasteiger charge is -2.24. The van der Waals surface area contributed by atoms with E-state index in [1.807, 2.05) is 37.3 Å². The van der Waals surface area contributed by atoms with Crippen molar-refractivity contribution < 1.29 is 14.6 Å². The normalized spacial score (nSPS) is 16.1. The van der Waals surface area contributed by atoms with Gasteiger partial charge in [0.1, 0.15) is 5.75 Å². The van der Waals surface area contributed by atoms with Gasteiger partial charge in [0.05, 0.1) is 28.5 Å². The zero-order valence-electron chi connectivity index (χ0n) is 17.5. The molecule has 3 aromatic rings. The van der Waals surface area contributed by atoms with E-state index in [1.165, 1.54) is 11.3 Å². The van der Waals surface area contributed by atoms with Crippen molar-refractivity contribution in [2.75, 3.05) is 6.61 Å². The van der Waals surface area contributed by atoms with E-state index in [4.69, 9.17) is 4.74 Å². The number of hydrogen-bond acceptors (Lipinski definition) is 6. The average Bonchev–Trinajstić information content (AvgIpc) is 3.02. The molecule has 1 atom stereocenters. The average molecular weight is 435 g/mol. The number of fused-ring (bicyclic) bond motifs is 1. The Hall–Kier alpha value is -3.45. The van der Waals surface area contributed by atoms with Gasteiger partial charge in [0.2, 0.25) is 0 Å². The number of nitrogens with zero attached hydrogens (tertiary/aromatic N) is 2. The Morgan fingerprint density at radius 1 is 1.23 bits per heavy atom. The number of hydrogen-bond donors (Lipinski definition) is 1. The van der Waals surface area contributed by atoms with Crippen molar-refractivity contribution in [3.63, 3.8) is 0 Å². The van der Waals surface area contributed by atoms with Gasteiger partial charge in [-0.15, -0.1) is 0 Å². The second kappa shape index (κ2) is 8.35. The monoisotopic (exact) mass is 434 g/mol. The van der Waals surface area contributed by atoms with E-state index in [2.05, 4.69) is 4.99 Å². The highest BCUT2D eigenvalue weighted by atomic mass is 32.1. The van der Waals surface area contributed by atoms with Crippen molar-refractivity contribution in [3.05, 3.63) is 96.2 Å². The molecule has 2 heterocycles. The van der Waals surface area contributed by atoms with Crippen LogP contribution < -0.4 is 14.9 Å². The lowest BCUT2D eigenvalue weighted by molar-refractivity contribution is -0.139. The van der Waals surface area contributed by atoms with Crippen molar-refractivity contribution in [1.29, 1.82) is 0 Å². The lowest BCUT2D eigenvalue weighted by atomic mass is 9.95. The number of benzene rings is 2. The number of phenols is 1. The van der Waals surface area contributed by atoms with Gasteiger partial charge in [-0.1, -0.05) is 53.3 Å². The second-order valence-corrected chi connectivity index (χ2v) is 8.32. The fraction of sp³-hybridized carbons (Fsp3) is 0.208. The number of thiazole rings is 1. The largest absolute Gasteiger partial charge is 0.508 e. The highest BCUT2D eigenvalue weighted by Gasteiger charge is 2.33. The fourth-order valence-electron chi connectivity index (χ4n) is 3.62. The molecule has 0 saturated carbocycles. The first-order valence-corrected chi connectivity index (χ1v) is 10.8. The summed E-state index contributed by atoms with van der Waals surface area (Å²) in [5, 5.41) is 9.74. The number of aromatic hydroxyl groups is 1. The standard InChI is InChI=1S/C24H22N2O4S/c1-4-30-23(29)20-15(3)25-24-26(21(20)17-10-8-14(2)9-11-17)22(28)19(31-24)13-16-6-5-7-18(27)12-16/h5-13,21,27H,4H2,1-3H3/b19-13-/t21-/m1/s1. The number of rotatable bonds is 4. The van der Waals surface area contributed by atoms with Gasteiger partial charge in [-0.3, -0.25) is 9.36 Å². The molecule has 2 aromatic carbocycles. The summed E-state index contributed by atoms with van der Waals surface area (Å²) in [5.41, 5.74) is 3.26. The summed E-state index contributed by atoms with van der Waals surface area (Å²) < 4.78 is 7.32. The molecule has 158 valence electrons. The van der Waals surface area contributed by atoms with Crippen LogP contribution in [-0.4, -0.2) is 22.2 Å². The summed E-state index contributed by atoms with van der Waals surface area (Å²) in [7, 11) is 0. The van der Waals surface area contributed by atoms with Gasteiger partial charge in [-0.2, -0.15) is 0 Å². The van der Waals surface area contributed by atoms with Gasteiger partial charge in [0.15, 0.2) is 4.80 Å². The number of carbonyl (C=O) groups excluding carboxylic acids is 1. The molecule has 6 nitrogen and oxygen atoms in total. The molecule has 1 aliphatic rings. The van der Waals surface area contributed by atoms with E-state index in [-0.39, 0.29) is 17.9 Å². The molecule has 1 aliphatic heterocycles. The van der Waals surface area contributed by atoms with Crippen LogP contribution in [0.15, 0.2) is 69.6 Å². The molecule has 1 aromatic heterocycles. The van der Waals surface area contributed by atoms with Crippen LogP contribution in [0.3, 0.4) is 0 Å². The van der Waals surface area contributed by atoms with Gasteiger partial charge in [0, 0.05) is 0 Å². The molecule has 0 radical (unpaired) electrons. The molecule has 7 heteroatoms. The van der Waals surface area contributed by atoms with Gasteiger partial charge >= 0.3 is 5.97 Å². The lowest BCUT2D eigenvalue weighted by Crippen LogP contribution is -2.39. The van der Waals surface area contributed by atoms with Crippen molar-refractivity contribution in [2.45, 2.75) is 26.8 Å². The smallest absolute Gasteiger partial charge is 0.338 e. The first kappa shape index (κ1) is 20.8. The minimum atomic E-state index is -0.623. The van der Waals surface area contributed by atoms with Gasteiger partial charge in [0.25, 0.3) is 5.56 Å². The molecule has 4 rings (SSSR count). The highest BCUT2D eigenvalue weighted by molar-refractivity contribution is 7.07. The van der Waals surface area contributed by atoms with Gasteiger partial charge in [-0.25, -0.2) is 9.79 Å². The fourth-order valence-corrected chi connectivity index (χ4v) is 4.67. The molecule has 0 saturated heterocycles. The molecule has 0 unspecified atom stereocenters. The summed E-state index contributed by atoms with van der Waals surface area (Å²) >= 11 is 1.26.